The van der Waals surface area contributed by atoms with Crippen LogP contribution < -0.4 is 42.2 Å². The van der Waals surface area contributed by atoms with Crippen LogP contribution in [0.3, 0.4) is 0 Å². The van der Waals surface area contributed by atoms with Crippen molar-refractivity contribution in [2.75, 3.05) is 28.0 Å². The number of halogens is 18. The van der Waals surface area contributed by atoms with E-state index in [9.17, 15) is 104 Å². The van der Waals surface area contributed by atoms with Gasteiger partial charge in [-0.2, -0.15) is 39.5 Å². The average Bonchev–Trinajstić information content (AvgIpc) is 1.59. The van der Waals surface area contributed by atoms with Gasteiger partial charge in [-0.3, -0.25) is 12.9 Å². The van der Waals surface area contributed by atoms with Crippen LogP contribution in [0.5, 0.6) is 17.2 Å². The highest BCUT2D eigenvalue weighted by Crippen LogP contribution is 2.50. The number of sulfonamides is 3. The molecule has 0 amide bonds. The molecule has 0 bridgehead atoms. The zero-order valence-electron chi connectivity index (χ0n) is 60.3. The molecule has 118 heavy (non-hydrogen) atoms. The van der Waals surface area contributed by atoms with E-state index in [-0.39, 0.29) is 111 Å². The molecule has 0 aliphatic carbocycles. The maximum atomic E-state index is 14.1. The molecule has 11 aromatic rings. The SMILES string of the molecule is Cc1cccc2c1N(S(=O)(=O)c1ccc(OC(F)(F)F)cc1)Cc1ccc(C(F)(F)F)nc1N2.Cc1cccc2c1N(S(=O)(=O)c1ccc(OC(F)(F)F)cc1)Cc1ccc(C(F)(F)F)nc1N2Cc1ccccc1.[C-]#[N+]Cc1cccc2c1N(S(=O)(=O)c1ccc(OC(F)(F)F)cc1)Cc1ccc(C(F)(F)F)nc1N2Cc1ccccc1. The lowest BCUT2D eigenvalue weighted by molar-refractivity contribution is -0.275. The van der Waals surface area contributed by atoms with Crippen molar-refractivity contribution in [3.05, 3.63) is 297 Å². The monoisotopic (exact) mass is 1710 g/mol. The molecule has 0 spiro atoms. The Bertz CT molecular complexity index is 5950. The Hall–Kier alpha value is -12.5. The number of para-hydroxylation sites is 3. The van der Waals surface area contributed by atoms with Crippen molar-refractivity contribution >= 4 is 81.6 Å². The zero-order chi connectivity index (χ0) is 85.5. The highest BCUT2D eigenvalue weighted by Gasteiger charge is 2.44. The smallest absolute Gasteiger partial charge is 0.406 e. The number of ether oxygens (including phenoxy) is 3. The summed E-state index contributed by atoms with van der Waals surface area (Å²) in [7, 11) is -13.4. The maximum absolute atomic E-state index is 14.1. The highest BCUT2D eigenvalue weighted by molar-refractivity contribution is 7.93. The van der Waals surface area contributed by atoms with E-state index in [2.05, 4.69) is 39.3 Å². The van der Waals surface area contributed by atoms with E-state index in [4.69, 9.17) is 6.57 Å². The second-order valence-corrected chi connectivity index (χ2v) is 31.5. The predicted octanol–water partition coefficient (Wildman–Crippen LogP) is 20.6. The van der Waals surface area contributed by atoms with Crippen molar-refractivity contribution in [2.45, 2.75) is 105 Å². The summed E-state index contributed by atoms with van der Waals surface area (Å²) in [6.45, 7) is 9.33. The normalized spacial score (nSPS) is 13.8. The Labute approximate surface area is 660 Å². The maximum Gasteiger partial charge on any atom is 0.573 e. The topological polar surface area (TPSA) is 201 Å². The number of alkyl halides is 18. The van der Waals surface area contributed by atoms with Gasteiger partial charge in [-0.05, 0) is 151 Å². The van der Waals surface area contributed by atoms with Crippen LogP contribution >= 0.6 is 0 Å². The number of pyridine rings is 3. The summed E-state index contributed by atoms with van der Waals surface area (Å²) in [6, 6.07) is 48.5. The first-order valence-electron chi connectivity index (χ1n) is 34.2. The van der Waals surface area contributed by atoms with E-state index in [0.29, 0.717) is 22.4 Å². The van der Waals surface area contributed by atoms with Gasteiger partial charge in [0.25, 0.3) is 30.1 Å². The van der Waals surface area contributed by atoms with Crippen LogP contribution in [0, 0.1) is 20.4 Å². The van der Waals surface area contributed by atoms with E-state index in [1.54, 1.807) is 111 Å². The number of hydrogen-bond acceptors (Lipinski definition) is 15. The molecule has 3 aliphatic heterocycles. The molecule has 8 aromatic carbocycles. The van der Waals surface area contributed by atoms with Crippen molar-refractivity contribution in [3.8, 4) is 17.2 Å². The molecular formula is C78H56F18N10O9S3. The van der Waals surface area contributed by atoms with Gasteiger partial charge in [0.2, 0.25) is 6.54 Å². The predicted molar refractivity (Wildman–Crippen MR) is 394 cm³/mol. The standard InChI is InChI=1S/C29H20F6N4O3S.C28H21F6N3O3S.C21H15F6N3O3S/c1-36-16-20-8-5-9-24-26(20)39(43(40,41)23-13-11-22(12-14-23)42-29(33,34)35)18-21-10-15-25(28(30,31)32)37-27(21)38(24)17-19-6-3-2-4-7-19;1-18-6-5-9-23-25(18)37(41(38,39)22-13-11-21(12-14-22)40-28(32,33)34)17-20-10-15-24(27(29,30)31)35-26(20)36(23)16-19-7-3-2-4-8-19;1-12-3-2-4-16-18(12)30(11-13-5-10-17(20(22,23)24)29-19(13)28-16)34(31,32)15-8-6-14(7-9-15)33-21(25,26)27/h2-15H,16-18H2;2-15H,16-17H2,1H3;2-10H,11H2,1H3,(H,28,29). The van der Waals surface area contributed by atoms with Crippen LogP contribution in [0.15, 0.2) is 239 Å². The Morgan fingerprint density at radius 2 is 0.720 bits per heavy atom. The summed E-state index contributed by atoms with van der Waals surface area (Å²) in [5, 5.41) is 2.78. The number of nitrogens with one attached hydrogen (secondary N) is 1. The minimum atomic E-state index is -4.99. The number of fused-ring (bicyclic) bond motifs is 6. The molecule has 14 rings (SSSR count). The highest BCUT2D eigenvalue weighted by atomic mass is 32.2. The van der Waals surface area contributed by atoms with Crippen LogP contribution in [0.2, 0.25) is 0 Å². The van der Waals surface area contributed by atoms with Crippen molar-refractivity contribution in [1.29, 1.82) is 0 Å². The lowest BCUT2D eigenvalue weighted by Crippen LogP contribution is -2.31. The van der Waals surface area contributed by atoms with E-state index in [1.165, 1.54) is 34.1 Å². The van der Waals surface area contributed by atoms with E-state index < -0.39 is 113 Å². The fourth-order valence-electron chi connectivity index (χ4n) is 12.8. The third-order valence-corrected chi connectivity index (χ3v) is 23.2. The molecule has 0 radical (unpaired) electrons. The van der Waals surface area contributed by atoms with E-state index >= 15 is 0 Å². The fraction of sp³-hybridized carbons (Fsp3) is 0.179. The summed E-state index contributed by atoms with van der Waals surface area (Å²) in [6.07, 6.45) is -29.1. The number of aryl methyl sites for hydroxylation is 2. The van der Waals surface area contributed by atoms with Gasteiger partial charge in [-0.15, -0.1) is 39.5 Å². The zero-order valence-corrected chi connectivity index (χ0v) is 62.8. The number of hydrogen-bond donors (Lipinski definition) is 1. The second-order valence-electron chi connectivity index (χ2n) is 25.9. The molecule has 0 saturated carbocycles. The Morgan fingerprint density at radius 1 is 0.381 bits per heavy atom. The first-order valence-corrected chi connectivity index (χ1v) is 38.5. The van der Waals surface area contributed by atoms with E-state index in [1.807, 2.05) is 0 Å². The summed E-state index contributed by atoms with van der Waals surface area (Å²) >= 11 is 0. The van der Waals surface area contributed by atoms with Gasteiger partial charge in [0.05, 0.1) is 74.0 Å². The summed E-state index contributed by atoms with van der Waals surface area (Å²) < 4.78 is 333. The molecular weight excluding hydrogens is 1660 g/mol. The van der Waals surface area contributed by atoms with Gasteiger partial charge in [0.1, 0.15) is 51.8 Å². The van der Waals surface area contributed by atoms with Crippen molar-refractivity contribution in [1.82, 2.24) is 15.0 Å². The number of nitrogens with zero attached hydrogens (tertiary/aromatic N) is 9. The Balaban J connectivity index is 0.000000164. The van der Waals surface area contributed by atoms with Crippen LogP contribution in [-0.4, -0.2) is 59.3 Å². The van der Waals surface area contributed by atoms with Gasteiger partial charge >= 0.3 is 37.6 Å². The number of rotatable bonds is 14. The van der Waals surface area contributed by atoms with E-state index in [0.717, 1.165) is 122 Å². The second kappa shape index (κ2) is 32.5. The molecule has 19 nitrogen and oxygen atoms in total. The molecule has 1 N–H and O–H groups in total. The Morgan fingerprint density at radius 3 is 1.11 bits per heavy atom. The molecule has 3 aromatic heterocycles. The van der Waals surface area contributed by atoms with Crippen molar-refractivity contribution in [3.63, 3.8) is 0 Å². The number of anilines is 9. The number of benzene rings is 8. The first-order chi connectivity index (χ1) is 55.3. The molecule has 3 aliphatic rings. The van der Waals surface area contributed by atoms with Gasteiger partial charge in [-0.25, -0.2) is 46.8 Å². The van der Waals surface area contributed by atoms with Crippen LogP contribution in [0.1, 0.15) is 61.6 Å². The lowest BCUT2D eigenvalue weighted by Gasteiger charge is -2.29. The summed E-state index contributed by atoms with van der Waals surface area (Å²) in [5.41, 5.74) is 0.810. The van der Waals surface area contributed by atoms with Gasteiger partial charge in [0, 0.05) is 29.8 Å². The first kappa shape index (κ1) is 84.9. The quantitative estimate of drug-likeness (QED) is 0.0795. The molecule has 6 heterocycles. The van der Waals surface area contributed by atoms with Crippen LogP contribution in [0.25, 0.3) is 4.85 Å². The third-order valence-electron chi connectivity index (χ3n) is 17.9. The van der Waals surface area contributed by atoms with Crippen molar-refractivity contribution < 1.29 is 118 Å². The largest absolute Gasteiger partial charge is 0.573 e. The van der Waals surface area contributed by atoms with Gasteiger partial charge < -0.3 is 34.2 Å². The van der Waals surface area contributed by atoms with Gasteiger partial charge in [0.15, 0.2) is 0 Å². The lowest BCUT2D eigenvalue weighted by atomic mass is 10.1. The molecule has 0 saturated heterocycles. The number of aromatic nitrogens is 3. The third kappa shape index (κ3) is 19.1. The molecule has 0 fully saturated rings. The summed E-state index contributed by atoms with van der Waals surface area (Å²) in [5.74, 6) is -2.21. The average molecular weight is 1720 g/mol. The molecule has 0 atom stereocenters. The van der Waals surface area contributed by atoms with Crippen molar-refractivity contribution in [2.24, 2.45) is 0 Å². The summed E-state index contributed by atoms with van der Waals surface area (Å²) in [4.78, 5) is 16.8. The Kier molecular flexibility index (Phi) is 23.4. The fourth-order valence-corrected chi connectivity index (χ4v) is 17.3. The molecule has 616 valence electrons. The van der Waals surface area contributed by atoms with Crippen LogP contribution in [-0.2, 0) is 87.9 Å². The van der Waals surface area contributed by atoms with Crippen LogP contribution in [0.4, 0.5) is 131 Å². The molecule has 40 heteroatoms. The minimum absolute atomic E-state index is 0.00792. The van der Waals surface area contributed by atoms with Gasteiger partial charge in [-0.1, -0.05) is 109 Å². The minimum Gasteiger partial charge on any atom is -0.406 e. The molecule has 0 unspecified atom stereocenters.